The van der Waals surface area contributed by atoms with Gasteiger partial charge in [0.2, 0.25) is 0 Å². The van der Waals surface area contributed by atoms with Gasteiger partial charge in [0.15, 0.2) is 0 Å². The van der Waals surface area contributed by atoms with Crippen LogP contribution in [0.25, 0.3) is 0 Å². The molecular formula is C38H49F4NO. The van der Waals surface area contributed by atoms with Crippen LogP contribution in [0.4, 0.5) is 17.6 Å². The molecule has 0 saturated heterocycles. The lowest BCUT2D eigenvalue weighted by Gasteiger charge is -2.34. The Morgan fingerprint density at radius 3 is 1.80 bits per heavy atom. The van der Waals surface area contributed by atoms with Crippen molar-refractivity contribution in [1.29, 1.82) is 0 Å². The number of alkyl halides is 3. The summed E-state index contributed by atoms with van der Waals surface area (Å²) in [6.07, 6.45) is -0.904. The van der Waals surface area contributed by atoms with Gasteiger partial charge in [-0.15, -0.1) is 0 Å². The Labute approximate surface area is 262 Å². The molecule has 240 valence electrons. The van der Waals surface area contributed by atoms with Crippen LogP contribution in [0.2, 0.25) is 0 Å². The summed E-state index contributed by atoms with van der Waals surface area (Å²) in [7, 11) is 0. The molecule has 3 aromatic carbocycles. The van der Waals surface area contributed by atoms with E-state index in [0.29, 0.717) is 17.7 Å². The average molecular weight is 612 g/mol. The molecule has 0 N–H and O–H groups in total. The van der Waals surface area contributed by atoms with Crippen molar-refractivity contribution in [3.8, 4) is 0 Å². The lowest BCUT2D eigenvalue weighted by molar-refractivity contribution is -0.137. The maximum absolute atomic E-state index is 13.7. The lowest BCUT2D eigenvalue weighted by atomic mass is 9.93. The number of benzene rings is 3. The summed E-state index contributed by atoms with van der Waals surface area (Å²) in [5.41, 5.74) is 6.69. The Balaban J connectivity index is 0.000000537. The van der Waals surface area contributed by atoms with Gasteiger partial charge in [-0.25, -0.2) is 4.39 Å². The zero-order valence-electron chi connectivity index (χ0n) is 27.8. The van der Waals surface area contributed by atoms with Crippen LogP contribution >= 0.6 is 0 Å². The molecule has 1 unspecified atom stereocenters. The number of aryl methyl sites for hydroxylation is 3. The van der Waals surface area contributed by atoms with Crippen molar-refractivity contribution in [2.75, 3.05) is 0 Å². The molecule has 0 spiro atoms. The van der Waals surface area contributed by atoms with E-state index in [0.717, 1.165) is 58.7 Å². The zero-order valence-corrected chi connectivity index (χ0v) is 27.8. The maximum Gasteiger partial charge on any atom is 0.416 e. The SMILES string of the molecule is C=C(C)N(C(=O)/C(CC)=C(\C)CCC)C(c1ccc(C)cc1)c1ccc(F)cc1.CC.CCc1ccc(C(F)(F)F)cc1C. The Kier molecular flexibility index (Phi) is 15.9. The highest BCUT2D eigenvalue weighted by Crippen LogP contribution is 2.34. The highest BCUT2D eigenvalue weighted by atomic mass is 19.4. The Hall–Kier alpha value is -3.67. The first kappa shape index (κ1) is 38.4. The molecule has 0 aliphatic rings. The van der Waals surface area contributed by atoms with Crippen molar-refractivity contribution in [2.24, 2.45) is 0 Å². The third kappa shape index (κ3) is 10.8. The smallest absolute Gasteiger partial charge is 0.302 e. The van der Waals surface area contributed by atoms with E-state index in [1.807, 2.05) is 72.7 Å². The molecule has 0 fully saturated rings. The maximum atomic E-state index is 13.7. The molecule has 3 rings (SSSR count). The number of carbonyl (C=O) groups excluding carboxylic acids is 1. The largest absolute Gasteiger partial charge is 0.416 e. The molecule has 0 aliphatic carbocycles. The van der Waals surface area contributed by atoms with Crippen LogP contribution in [0.5, 0.6) is 0 Å². The van der Waals surface area contributed by atoms with E-state index in [-0.39, 0.29) is 17.8 Å². The topological polar surface area (TPSA) is 20.3 Å². The third-order valence-corrected chi connectivity index (χ3v) is 7.27. The number of hydrogen-bond acceptors (Lipinski definition) is 1. The number of rotatable bonds is 9. The summed E-state index contributed by atoms with van der Waals surface area (Å²) in [6.45, 7) is 21.8. The molecule has 6 heteroatoms. The Morgan fingerprint density at radius 2 is 1.39 bits per heavy atom. The highest BCUT2D eigenvalue weighted by Gasteiger charge is 2.31. The van der Waals surface area contributed by atoms with Gasteiger partial charge in [0.1, 0.15) is 5.82 Å². The molecule has 0 heterocycles. The van der Waals surface area contributed by atoms with Gasteiger partial charge in [0.25, 0.3) is 5.91 Å². The van der Waals surface area contributed by atoms with Crippen LogP contribution in [0.15, 0.2) is 90.2 Å². The standard InChI is InChI=1S/C26H32FNO.C10H11F3.C2H6/c1-7-9-20(6)24(8-2)26(29)28(18(3)4)25(21-12-10-19(5)11-13-21)22-14-16-23(27)17-15-22;1-3-8-4-5-9(6-7(8)2)10(11,12)13;1-2/h10-17,25H,3,7-9H2,1-2,4-6H3;4-6H,3H2,1-2H3;1-2H3/b24-20+;;. The summed E-state index contributed by atoms with van der Waals surface area (Å²) < 4.78 is 50.2. The average Bonchev–Trinajstić information content (AvgIpc) is 2.98. The van der Waals surface area contributed by atoms with Gasteiger partial charge in [-0.05, 0) is 93.5 Å². The Bertz CT molecular complexity index is 1320. The molecule has 0 saturated carbocycles. The Morgan fingerprint density at radius 1 is 0.864 bits per heavy atom. The van der Waals surface area contributed by atoms with E-state index in [2.05, 4.69) is 13.5 Å². The second-order valence-corrected chi connectivity index (χ2v) is 10.6. The normalized spacial score (nSPS) is 12.1. The molecule has 44 heavy (non-hydrogen) atoms. The van der Waals surface area contributed by atoms with Crippen LogP contribution in [0.1, 0.15) is 107 Å². The fraction of sp³-hybridized carbons (Fsp3) is 0.395. The molecule has 0 aromatic heterocycles. The van der Waals surface area contributed by atoms with E-state index in [4.69, 9.17) is 0 Å². The minimum Gasteiger partial charge on any atom is -0.302 e. The molecule has 0 radical (unpaired) electrons. The van der Waals surface area contributed by atoms with Crippen molar-refractivity contribution >= 4 is 5.91 Å². The highest BCUT2D eigenvalue weighted by molar-refractivity contribution is 5.95. The molecule has 1 amide bonds. The number of allylic oxidation sites excluding steroid dienone is 2. The zero-order chi connectivity index (χ0) is 33.6. The van der Waals surface area contributed by atoms with Crippen molar-refractivity contribution in [3.63, 3.8) is 0 Å². The van der Waals surface area contributed by atoms with E-state index >= 15 is 0 Å². The summed E-state index contributed by atoms with van der Waals surface area (Å²) in [4.78, 5) is 15.4. The van der Waals surface area contributed by atoms with Gasteiger partial charge in [0, 0.05) is 11.3 Å². The summed E-state index contributed by atoms with van der Waals surface area (Å²) in [5.74, 6) is -0.321. The van der Waals surface area contributed by atoms with Crippen LogP contribution < -0.4 is 0 Å². The number of hydrogen-bond donors (Lipinski definition) is 0. The third-order valence-electron chi connectivity index (χ3n) is 7.27. The minimum atomic E-state index is -4.23. The van der Waals surface area contributed by atoms with E-state index in [1.165, 1.54) is 24.3 Å². The lowest BCUT2D eigenvalue weighted by Crippen LogP contribution is -2.35. The monoisotopic (exact) mass is 611 g/mol. The summed E-state index contributed by atoms with van der Waals surface area (Å²) in [6, 6.07) is 18.0. The van der Waals surface area contributed by atoms with Crippen LogP contribution in [-0.4, -0.2) is 10.8 Å². The minimum absolute atomic E-state index is 0.0270. The van der Waals surface area contributed by atoms with Crippen molar-refractivity contribution in [3.05, 3.63) is 129 Å². The number of halogens is 4. The van der Waals surface area contributed by atoms with Crippen LogP contribution in [0.3, 0.4) is 0 Å². The van der Waals surface area contributed by atoms with Gasteiger partial charge in [-0.2, -0.15) is 13.2 Å². The fourth-order valence-electron chi connectivity index (χ4n) is 4.97. The number of carbonyl (C=O) groups is 1. The number of amides is 1. The first-order chi connectivity index (χ1) is 20.7. The van der Waals surface area contributed by atoms with E-state index < -0.39 is 11.7 Å². The van der Waals surface area contributed by atoms with Gasteiger partial charge in [-0.1, -0.05) is 101 Å². The van der Waals surface area contributed by atoms with Gasteiger partial charge >= 0.3 is 6.18 Å². The number of nitrogens with zero attached hydrogens (tertiary/aromatic N) is 1. The molecule has 2 nitrogen and oxygen atoms in total. The quantitative estimate of drug-likeness (QED) is 0.174. The van der Waals surface area contributed by atoms with Crippen molar-refractivity contribution < 1.29 is 22.4 Å². The first-order valence-electron chi connectivity index (χ1n) is 15.4. The molecule has 0 aliphatic heterocycles. The van der Waals surface area contributed by atoms with Crippen molar-refractivity contribution in [2.45, 2.75) is 100 Å². The van der Waals surface area contributed by atoms with Gasteiger partial charge in [-0.3, -0.25) is 4.79 Å². The molecule has 3 aromatic rings. The van der Waals surface area contributed by atoms with Crippen molar-refractivity contribution in [1.82, 2.24) is 4.90 Å². The molecule has 1 atom stereocenters. The summed E-state index contributed by atoms with van der Waals surface area (Å²) in [5, 5.41) is 0. The van der Waals surface area contributed by atoms with Crippen LogP contribution in [0, 0.1) is 19.7 Å². The fourth-order valence-corrected chi connectivity index (χ4v) is 4.97. The predicted molar refractivity (Wildman–Crippen MR) is 176 cm³/mol. The molecular weight excluding hydrogens is 562 g/mol. The van der Waals surface area contributed by atoms with Crippen LogP contribution in [-0.2, 0) is 17.4 Å². The predicted octanol–water partition coefficient (Wildman–Crippen LogP) is 11.7. The second kappa shape index (κ2) is 18.2. The van der Waals surface area contributed by atoms with Gasteiger partial charge < -0.3 is 4.90 Å². The second-order valence-electron chi connectivity index (χ2n) is 10.6. The molecule has 0 bridgehead atoms. The van der Waals surface area contributed by atoms with E-state index in [9.17, 15) is 22.4 Å². The summed E-state index contributed by atoms with van der Waals surface area (Å²) >= 11 is 0. The van der Waals surface area contributed by atoms with E-state index in [1.54, 1.807) is 24.0 Å². The first-order valence-corrected chi connectivity index (χ1v) is 15.4. The van der Waals surface area contributed by atoms with Gasteiger partial charge in [0.05, 0.1) is 11.6 Å².